The quantitative estimate of drug-likeness (QED) is 0.319. The van der Waals surface area contributed by atoms with Gasteiger partial charge in [-0.25, -0.2) is 4.79 Å². The maximum Gasteiger partial charge on any atom is 0.490 e. The Kier molecular flexibility index (Phi) is 8.84. The molecule has 0 spiro atoms. The molecular weight excluding hydrogens is 485 g/mol. The van der Waals surface area contributed by atoms with Gasteiger partial charge in [-0.05, 0) is 74.3 Å². The van der Waals surface area contributed by atoms with Crippen molar-refractivity contribution in [2.45, 2.75) is 50.3 Å². The molecule has 0 atom stereocenters. The lowest BCUT2D eigenvalue weighted by atomic mass is 9.83. The zero-order valence-electron chi connectivity index (χ0n) is 21.3. The average molecular weight is 521 g/mol. The third-order valence-corrected chi connectivity index (χ3v) is 7.22. The number of methoxy groups -OCH3 is 1. The lowest BCUT2D eigenvalue weighted by Gasteiger charge is -2.42. The van der Waals surface area contributed by atoms with Gasteiger partial charge in [-0.15, -0.1) is 0 Å². The molecule has 6 nitrogen and oxygen atoms in total. The molecule has 0 aromatic heterocycles. The molecule has 9 heteroatoms. The fourth-order valence-electron chi connectivity index (χ4n) is 5.13. The molecule has 2 fully saturated rings. The van der Waals surface area contributed by atoms with Gasteiger partial charge in [-0.3, -0.25) is 0 Å². The normalized spacial score (nSPS) is 18.3. The van der Waals surface area contributed by atoms with Crippen molar-refractivity contribution in [2.24, 2.45) is 0 Å². The van der Waals surface area contributed by atoms with Gasteiger partial charge in [0.15, 0.2) is 0 Å². The number of halogens is 3. The minimum atomic E-state index is -5.06. The van der Waals surface area contributed by atoms with Crippen LogP contribution in [0, 0.1) is 0 Å². The number of hydrogen-bond donors (Lipinski definition) is 0. The molecule has 0 radical (unpaired) electrons. The van der Waals surface area contributed by atoms with Crippen LogP contribution in [0.4, 0.5) is 18.9 Å². The molecule has 2 aromatic carbocycles. The third-order valence-electron chi connectivity index (χ3n) is 7.22. The van der Waals surface area contributed by atoms with Crippen LogP contribution in [0.1, 0.15) is 44.1 Å². The fraction of sp³-hybridized carbons (Fsp3) is 0.536. The molecule has 0 N–H and O–H groups in total. The van der Waals surface area contributed by atoms with E-state index in [1.807, 2.05) is 24.3 Å². The first-order chi connectivity index (χ1) is 17.8. The summed E-state index contributed by atoms with van der Waals surface area (Å²) in [7, 11) is 1.48. The molecule has 0 bridgehead atoms. The van der Waals surface area contributed by atoms with Crippen molar-refractivity contribution in [1.29, 1.82) is 0 Å². The maximum absolute atomic E-state index is 13.1. The van der Waals surface area contributed by atoms with Gasteiger partial charge in [0.1, 0.15) is 17.1 Å². The lowest BCUT2D eigenvalue weighted by Crippen LogP contribution is -2.47. The molecule has 4 rings (SSSR count). The summed E-state index contributed by atoms with van der Waals surface area (Å²) in [5, 5.41) is 0. The van der Waals surface area contributed by atoms with Crippen LogP contribution in [-0.2, 0) is 15.1 Å². The number of ether oxygens (including phenoxy) is 3. The molecule has 2 saturated heterocycles. The van der Waals surface area contributed by atoms with Crippen LogP contribution in [0.25, 0.3) is 0 Å². The number of benzene rings is 2. The van der Waals surface area contributed by atoms with Gasteiger partial charge in [0.2, 0.25) is 0 Å². The van der Waals surface area contributed by atoms with Gasteiger partial charge in [-0.2, -0.15) is 13.2 Å². The molecule has 0 aliphatic carbocycles. The van der Waals surface area contributed by atoms with Crippen molar-refractivity contribution in [1.82, 2.24) is 4.90 Å². The van der Waals surface area contributed by atoms with Gasteiger partial charge < -0.3 is 24.0 Å². The molecular formula is C28H35F3N2O4. The van der Waals surface area contributed by atoms with E-state index in [1.54, 1.807) is 24.3 Å². The molecule has 2 aliphatic heterocycles. The minimum Gasteiger partial charge on any atom is -0.497 e. The van der Waals surface area contributed by atoms with Gasteiger partial charge in [0.05, 0.1) is 13.7 Å². The Morgan fingerprint density at radius 3 is 2.30 bits per heavy atom. The van der Waals surface area contributed by atoms with Crippen LogP contribution in [0.15, 0.2) is 48.5 Å². The summed E-state index contributed by atoms with van der Waals surface area (Å²) in [4.78, 5) is 16.4. The SMILES string of the molecule is COc1cccc(C2(OC(=O)C(F)(F)F)CCN(c3ccc(OCCCN4CCCCC4)cc3)CC2)c1. The molecule has 37 heavy (non-hydrogen) atoms. The number of rotatable bonds is 9. The number of hydrogen-bond acceptors (Lipinski definition) is 6. The highest BCUT2D eigenvalue weighted by molar-refractivity contribution is 5.76. The fourth-order valence-corrected chi connectivity index (χ4v) is 5.13. The highest BCUT2D eigenvalue weighted by Crippen LogP contribution is 2.41. The van der Waals surface area contributed by atoms with Crippen LogP contribution in [0.2, 0.25) is 0 Å². The second kappa shape index (κ2) is 12.1. The Morgan fingerprint density at radius 2 is 1.65 bits per heavy atom. The highest BCUT2D eigenvalue weighted by Gasteiger charge is 2.48. The van der Waals surface area contributed by atoms with E-state index in [2.05, 4.69) is 9.80 Å². The number of carbonyl (C=O) groups is 1. The van der Waals surface area contributed by atoms with Gasteiger partial charge >= 0.3 is 12.1 Å². The predicted octanol–water partition coefficient (Wildman–Crippen LogP) is 5.55. The van der Waals surface area contributed by atoms with E-state index in [1.165, 1.54) is 39.5 Å². The van der Waals surface area contributed by atoms with Crippen LogP contribution in [0.3, 0.4) is 0 Å². The third kappa shape index (κ3) is 7.09. The van der Waals surface area contributed by atoms with E-state index < -0.39 is 17.7 Å². The first-order valence-corrected chi connectivity index (χ1v) is 12.9. The Hall–Kier alpha value is -2.94. The van der Waals surface area contributed by atoms with Crippen molar-refractivity contribution >= 4 is 11.7 Å². The van der Waals surface area contributed by atoms with E-state index in [4.69, 9.17) is 14.2 Å². The Balaban J connectivity index is 1.35. The zero-order chi connectivity index (χ0) is 26.3. The molecule has 0 unspecified atom stereocenters. The standard InChI is InChI=1S/C28H35F3N2O4/c1-35-25-8-5-7-22(21-25)27(37-26(34)28(29,30)31)13-18-33(19-14-27)23-9-11-24(12-10-23)36-20-6-17-32-15-3-2-4-16-32/h5,7-12,21H,2-4,6,13-20H2,1H3. The topological polar surface area (TPSA) is 51.2 Å². The van der Waals surface area contributed by atoms with Gasteiger partial charge in [-0.1, -0.05) is 18.6 Å². The van der Waals surface area contributed by atoms with Crippen molar-refractivity contribution in [3.8, 4) is 11.5 Å². The van der Waals surface area contributed by atoms with E-state index in [9.17, 15) is 18.0 Å². The summed E-state index contributed by atoms with van der Waals surface area (Å²) in [6.07, 6.45) is 0.252. The number of alkyl halides is 3. The molecule has 0 amide bonds. The molecule has 2 aromatic rings. The molecule has 2 aliphatic rings. The summed E-state index contributed by atoms with van der Waals surface area (Å²) in [5.74, 6) is -0.885. The molecule has 2 heterocycles. The molecule has 202 valence electrons. The van der Waals surface area contributed by atoms with Crippen molar-refractivity contribution in [2.75, 3.05) is 51.3 Å². The number of piperidine rings is 2. The lowest BCUT2D eigenvalue weighted by molar-refractivity contribution is -0.217. The summed E-state index contributed by atoms with van der Waals surface area (Å²) in [6.45, 7) is 4.93. The average Bonchev–Trinajstić information content (AvgIpc) is 2.92. The molecule has 0 saturated carbocycles. The highest BCUT2D eigenvalue weighted by atomic mass is 19.4. The summed E-state index contributed by atoms with van der Waals surface area (Å²) >= 11 is 0. The number of likely N-dealkylation sites (tertiary alicyclic amines) is 1. The van der Waals surface area contributed by atoms with Gasteiger partial charge in [0.25, 0.3) is 0 Å². The van der Waals surface area contributed by atoms with Crippen LogP contribution >= 0.6 is 0 Å². The Bertz CT molecular complexity index is 1010. The summed E-state index contributed by atoms with van der Waals surface area (Å²) in [5.41, 5.74) is 0.0640. The zero-order valence-corrected chi connectivity index (χ0v) is 21.3. The van der Waals surface area contributed by atoms with E-state index in [0.717, 1.165) is 24.4 Å². The van der Waals surface area contributed by atoms with Crippen LogP contribution < -0.4 is 14.4 Å². The van der Waals surface area contributed by atoms with Crippen molar-refractivity contribution in [3.63, 3.8) is 0 Å². The second-order valence-corrected chi connectivity index (χ2v) is 9.70. The van der Waals surface area contributed by atoms with Gasteiger partial charge in [0, 0.05) is 38.2 Å². The maximum atomic E-state index is 13.1. The Labute approximate surface area is 216 Å². The first-order valence-electron chi connectivity index (χ1n) is 12.9. The minimum absolute atomic E-state index is 0.219. The smallest absolute Gasteiger partial charge is 0.490 e. The predicted molar refractivity (Wildman–Crippen MR) is 135 cm³/mol. The van der Waals surface area contributed by atoms with E-state index in [0.29, 0.717) is 31.0 Å². The monoisotopic (exact) mass is 520 g/mol. The second-order valence-electron chi connectivity index (χ2n) is 9.70. The number of esters is 1. The number of nitrogens with zero attached hydrogens (tertiary/aromatic N) is 2. The van der Waals surface area contributed by atoms with Crippen LogP contribution in [0.5, 0.6) is 11.5 Å². The summed E-state index contributed by atoms with van der Waals surface area (Å²) < 4.78 is 55.6. The van der Waals surface area contributed by atoms with Crippen LogP contribution in [-0.4, -0.2) is 63.5 Å². The van der Waals surface area contributed by atoms with E-state index >= 15 is 0 Å². The van der Waals surface area contributed by atoms with Crippen molar-refractivity contribution < 1.29 is 32.2 Å². The first kappa shape index (κ1) is 27.1. The van der Waals surface area contributed by atoms with E-state index in [-0.39, 0.29) is 12.8 Å². The summed E-state index contributed by atoms with van der Waals surface area (Å²) in [6, 6.07) is 14.5. The Morgan fingerprint density at radius 1 is 0.946 bits per heavy atom. The number of carbonyl (C=O) groups excluding carboxylic acids is 1. The number of anilines is 1. The largest absolute Gasteiger partial charge is 0.497 e. The van der Waals surface area contributed by atoms with Crippen molar-refractivity contribution in [3.05, 3.63) is 54.1 Å².